The smallest absolute Gasteiger partial charge is 0.122 e. The minimum absolute atomic E-state index is 0.469. The van der Waals surface area contributed by atoms with Crippen molar-refractivity contribution >= 4 is 5.69 Å². The molecule has 0 bridgehead atoms. The highest BCUT2D eigenvalue weighted by Crippen LogP contribution is 2.28. The summed E-state index contributed by atoms with van der Waals surface area (Å²) in [6.45, 7) is 4.31. The molecule has 0 fully saturated rings. The third kappa shape index (κ3) is 3.44. The maximum Gasteiger partial charge on any atom is 0.122 e. The van der Waals surface area contributed by atoms with Crippen LogP contribution in [0.1, 0.15) is 50.7 Å². The Morgan fingerprint density at radius 2 is 1.44 bits per heavy atom. The van der Waals surface area contributed by atoms with Crippen LogP contribution >= 0.6 is 0 Å². The summed E-state index contributed by atoms with van der Waals surface area (Å²) >= 11 is 0. The Morgan fingerprint density at radius 3 is 1.81 bits per heavy atom. The van der Waals surface area contributed by atoms with E-state index in [1.807, 2.05) is 12.1 Å². The first kappa shape index (κ1) is 12.9. The van der Waals surface area contributed by atoms with Crippen molar-refractivity contribution in [1.29, 1.82) is 0 Å². The van der Waals surface area contributed by atoms with E-state index in [-0.39, 0.29) is 0 Å². The summed E-state index contributed by atoms with van der Waals surface area (Å²) in [6, 6.07) is 3.81. The summed E-state index contributed by atoms with van der Waals surface area (Å²) in [5, 5.41) is 10.1. The van der Waals surface area contributed by atoms with Crippen molar-refractivity contribution in [2.75, 3.05) is 5.73 Å². The first-order chi connectivity index (χ1) is 7.69. The monoisotopic (exact) mass is 221 g/mol. The largest absolute Gasteiger partial charge is 0.507 e. The van der Waals surface area contributed by atoms with Crippen LogP contribution in [0, 0.1) is 0 Å². The zero-order valence-corrected chi connectivity index (χ0v) is 10.4. The molecule has 0 aromatic heterocycles. The van der Waals surface area contributed by atoms with Crippen molar-refractivity contribution in [1.82, 2.24) is 0 Å². The predicted octanol–water partition coefficient (Wildman–Crippen LogP) is 3.66. The molecule has 16 heavy (non-hydrogen) atoms. The topological polar surface area (TPSA) is 46.2 Å². The van der Waals surface area contributed by atoms with Gasteiger partial charge < -0.3 is 10.8 Å². The average Bonchev–Trinajstić information content (AvgIpc) is 2.28. The SMILES string of the molecule is CCCCc1cc(N)cc(CCCC)c1O. The first-order valence-corrected chi connectivity index (χ1v) is 6.29. The fourth-order valence-corrected chi connectivity index (χ4v) is 1.90. The molecule has 3 N–H and O–H groups in total. The zero-order valence-electron chi connectivity index (χ0n) is 10.4. The number of phenols is 1. The Hall–Kier alpha value is -1.18. The standard InChI is InChI=1S/C14H23NO/c1-3-5-7-11-9-13(15)10-12(14(11)16)8-6-4-2/h9-10,16H,3-8,15H2,1-2H3. The normalized spacial score (nSPS) is 10.6. The van der Waals surface area contributed by atoms with E-state index in [0.29, 0.717) is 5.75 Å². The molecule has 1 aromatic carbocycles. The lowest BCUT2D eigenvalue weighted by Crippen LogP contribution is -1.96. The van der Waals surface area contributed by atoms with Gasteiger partial charge >= 0.3 is 0 Å². The van der Waals surface area contributed by atoms with Gasteiger partial charge in [-0.3, -0.25) is 0 Å². The molecular formula is C14H23NO. The van der Waals surface area contributed by atoms with Gasteiger partial charge in [0.25, 0.3) is 0 Å². The lowest BCUT2D eigenvalue weighted by molar-refractivity contribution is 0.459. The van der Waals surface area contributed by atoms with E-state index in [9.17, 15) is 5.11 Å². The second-order valence-electron chi connectivity index (χ2n) is 4.39. The Kier molecular flexibility index (Phi) is 5.17. The Morgan fingerprint density at radius 1 is 1.00 bits per heavy atom. The van der Waals surface area contributed by atoms with Crippen LogP contribution in [0.15, 0.2) is 12.1 Å². The highest BCUT2D eigenvalue weighted by atomic mass is 16.3. The predicted molar refractivity (Wildman–Crippen MR) is 69.7 cm³/mol. The maximum atomic E-state index is 10.1. The van der Waals surface area contributed by atoms with Gasteiger partial charge in [-0.05, 0) is 48.9 Å². The maximum absolute atomic E-state index is 10.1. The summed E-state index contributed by atoms with van der Waals surface area (Å²) in [4.78, 5) is 0. The van der Waals surface area contributed by atoms with E-state index in [2.05, 4.69) is 13.8 Å². The number of aryl methyl sites for hydroxylation is 2. The molecule has 90 valence electrons. The molecule has 0 saturated heterocycles. The fraction of sp³-hybridized carbons (Fsp3) is 0.571. The molecule has 0 saturated carbocycles. The number of aromatic hydroxyl groups is 1. The number of anilines is 1. The van der Waals surface area contributed by atoms with Crippen LogP contribution in [-0.2, 0) is 12.8 Å². The molecule has 2 nitrogen and oxygen atoms in total. The fourth-order valence-electron chi connectivity index (χ4n) is 1.90. The molecule has 0 radical (unpaired) electrons. The van der Waals surface area contributed by atoms with E-state index in [0.717, 1.165) is 55.3 Å². The van der Waals surface area contributed by atoms with Crippen molar-refractivity contribution in [3.8, 4) is 5.75 Å². The summed E-state index contributed by atoms with van der Waals surface area (Å²) in [5.41, 5.74) is 8.65. The second kappa shape index (κ2) is 6.41. The van der Waals surface area contributed by atoms with Crippen LogP contribution in [0.4, 0.5) is 5.69 Å². The number of hydrogen-bond donors (Lipinski definition) is 2. The number of hydrogen-bond acceptors (Lipinski definition) is 2. The molecule has 0 heterocycles. The highest BCUT2D eigenvalue weighted by Gasteiger charge is 2.08. The van der Waals surface area contributed by atoms with Crippen LogP contribution in [0.25, 0.3) is 0 Å². The van der Waals surface area contributed by atoms with Crippen LogP contribution in [-0.4, -0.2) is 5.11 Å². The van der Waals surface area contributed by atoms with Crippen molar-refractivity contribution in [2.45, 2.75) is 52.4 Å². The van der Waals surface area contributed by atoms with Gasteiger partial charge in [-0.1, -0.05) is 26.7 Å². The average molecular weight is 221 g/mol. The van der Waals surface area contributed by atoms with E-state index in [4.69, 9.17) is 5.73 Å². The van der Waals surface area contributed by atoms with Gasteiger partial charge in [-0.25, -0.2) is 0 Å². The number of phenolic OH excluding ortho intramolecular Hbond substituents is 1. The number of benzene rings is 1. The van der Waals surface area contributed by atoms with Gasteiger partial charge in [-0.2, -0.15) is 0 Å². The molecule has 2 heteroatoms. The van der Waals surface area contributed by atoms with E-state index in [1.165, 1.54) is 0 Å². The summed E-state index contributed by atoms with van der Waals surface area (Å²) in [7, 11) is 0. The molecule has 0 spiro atoms. The lowest BCUT2D eigenvalue weighted by Gasteiger charge is -2.11. The molecular weight excluding hydrogens is 198 g/mol. The summed E-state index contributed by atoms with van der Waals surface area (Å²) in [6.07, 6.45) is 6.32. The van der Waals surface area contributed by atoms with Crippen molar-refractivity contribution in [3.05, 3.63) is 23.3 Å². The Bertz CT molecular complexity index is 305. The molecule has 1 rings (SSSR count). The van der Waals surface area contributed by atoms with Gasteiger partial charge in [0.15, 0.2) is 0 Å². The third-order valence-corrected chi connectivity index (χ3v) is 2.89. The van der Waals surface area contributed by atoms with Crippen molar-refractivity contribution in [2.24, 2.45) is 0 Å². The van der Waals surface area contributed by atoms with Crippen molar-refractivity contribution < 1.29 is 5.11 Å². The molecule has 0 amide bonds. The molecule has 0 atom stereocenters. The van der Waals surface area contributed by atoms with Crippen LogP contribution in [0.3, 0.4) is 0 Å². The van der Waals surface area contributed by atoms with Gasteiger partial charge in [0.1, 0.15) is 5.75 Å². The van der Waals surface area contributed by atoms with Crippen LogP contribution in [0.2, 0.25) is 0 Å². The number of unbranched alkanes of at least 4 members (excludes halogenated alkanes) is 2. The lowest BCUT2D eigenvalue weighted by atomic mass is 9.99. The Labute approximate surface area is 98.5 Å². The molecule has 0 unspecified atom stereocenters. The van der Waals surface area contributed by atoms with E-state index >= 15 is 0 Å². The number of nitrogens with two attached hydrogens (primary N) is 1. The van der Waals surface area contributed by atoms with Crippen molar-refractivity contribution in [3.63, 3.8) is 0 Å². The highest BCUT2D eigenvalue weighted by molar-refractivity contribution is 5.52. The van der Waals surface area contributed by atoms with Crippen LogP contribution < -0.4 is 5.73 Å². The quantitative estimate of drug-likeness (QED) is 0.569. The third-order valence-electron chi connectivity index (χ3n) is 2.89. The van der Waals surface area contributed by atoms with Gasteiger partial charge in [-0.15, -0.1) is 0 Å². The Balaban J connectivity index is 2.86. The van der Waals surface area contributed by atoms with Gasteiger partial charge in [0.05, 0.1) is 0 Å². The second-order valence-corrected chi connectivity index (χ2v) is 4.39. The van der Waals surface area contributed by atoms with Gasteiger partial charge in [0, 0.05) is 5.69 Å². The first-order valence-electron chi connectivity index (χ1n) is 6.29. The molecule has 0 aliphatic rings. The molecule has 1 aromatic rings. The number of rotatable bonds is 6. The molecule has 0 aliphatic heterocycles. The summed E-state index contributed by atoms with van der Waals surface area (Å²) < 4.78 is 0. The number of nitrogen functional groups attached to an aromatic ring is 1. The summed E-state index contributed by atoms with van der Waals surface area (Å²) in [5.74, 6) is 0.469. The minimum atomic E-state index is 0.469. The zero-order chi connectivity index (χ0) is 12.0. The van der Waals surface area contributed by atoms with E-state index in [1.54, 1.807) is 0 Å². The van der Waals surface area contributed by atoms with Gasteiger partial charge in [0.2, 0.25) is 0 Å². The molecule has 0 aliphatic carbocycles. The van der Waals surface area contributed by atoms with E-state index < -0.39 is 0 Å². The minimum Gasteiger partial charge on any atom is -0.507 e. The van der Waals surface area contributed by atoms with Crippen LogP contribution in [0.5, 0.6) is 5.75 Å².